The fraction of sp³-hybridized carbons (Fsp3) is 0.241. The Morgan fingerprint density at radius 1 is 0.853 bits per heavy atom. The molecule has 0 saturated carbocycles. The van der Waals surface area contributed by atoms with Crippen molar-refractivity contribution in [1.29, 1.82) is 0 Å². The summed E-state index contributed by atoms with van der Waals surface area (Å²) in [7, 11) is 0. The second-order valence-electron chi connectivity index (χ2n) is 8.52. The van der Waals surface area contributed by atoms with Gasteiger partial charge in [0.2, 0.25) is 0 Å². The van der Waals surface area contributed by atoms with E-state index < -0.39 is 0 Å². The predicted molar refractivity (Wildman–Crippen MR) is 133 cm³/mol. The summed E-state index contributed by atoms with van der Waals surface area (Å²) in [4.78, 5) is 20.3. The Morgan fingerprint density at radius 2 is 1.65 bits per heavy atom. The van der Waals surface area contributed by atoms with Crippen LogP contribution in [0.25, 0.3) is 10.9 Å². The first kappa shape index (κ1) is 22.0. The smallest absolute Gasteiger partial charge is 0.254 e. The Kier molecular flexibility index (Phi) is 6.71. The van der Waals surface area contributed by atoms with Gasteiger partial charge >= 0.3 is 0 Å². The third-order valence-electron chi connectivity index (χ3n) is 6.03. The van der Waals surface area contributed by atoms with Gasteiger partial charge in [-0.15, -0.1) is 0 Å². The number of carbonyl (C=O) groups is 1. The second-order valence-corrected chi connectivity index (χ2v) is 8.52. The van der Waals surface area contributed by atoms with Crippen molar-refractivity contribution >= 4 is 16.8 Å². The minimum absolute atomic E-state index is 0.0290. The molecule has 0 saturated heterocycles. The van der Waals surface area contributed by atoms with Crippen LogP contribution in [0.3, 0.4) is 0 Å². The molecule has 5 rings (SSSR count). The number of pyridine rings is 1. The average molecular weight is 453 g/mol. The van der Waals surface area contributed by atoms with E-state index in [0.29, 0.717) is 43.4 Å². The van der Waals surface area contributed by atoms with Crippen LogP contribution in [0, 0.1) is 0 Å². The van der Waals surface area contributed by atoms with Gasteiger partial charge in [-0.1, -0.05) is 54.6 Å². The first-order valence-electron chi connectivity index (χ1n) is 11.8. The fourth-order valence-electron chi connectivity index (χ4n) is 4.24. The number of rotatable bonds is 7. The molecule has 0 fully saturated rings. The first-order chi connectivity index (χ1) is 16.8. The molecule has 3 aromatic carbocycles. The van der Waals surface area contributed by atoms with E-state index in [9.17, 15) is 4.79 Å². The number of amides is 1. The molecule has 1 aliphatic rings. The molecule has 1 aliphatic heterocycles. The zero-order chi connectivity index (χ0) is 23.2. The molecular weight excluding hydrogens is 424 g/mol. The zero-order valence-corrected chi connectivity index (χ0v) is 19.2. The number of aromatic nitrogens is 1. The third kappa shape index (κ3) is 5.20. The van der Waals surface area contributed by atoms with Crippen LogP contribution in [0.5, 0.6) is 11.5 Å². The molecule has 2 heterocycles. The van der Waals surface area contributed by atoms with Crippen LogP contribution in [-0.4, -0.2) is 35.5 Å². The minimum atomic E-state index is -0.0290. The number of nitrogens with zero attached hydrogens (tertiary/aromatic N) is 2. The summed E-state index contributed by atoms with van der Waals surface area (Å²) in [6.07, 6.45) is 2.61. The van der Waals surface area contributed by atoms with Gasteiger partial charge in [0.25, 0.3) is 5.91 Å². The Labute approximate surface area is 200 Å². The van der Waals surface area contributed by atoms with Gasteiger partial charge in [0, 0.05) is 23.9 Å². The van der Waals surface area contributed by atoms with Crippen molar-refractivity contribution in [3.05, 3.63) is 102 Å². The molecular formula is C29H28N2O3. The lowest BCUT2D eigenvalue weighted by atomic mass is 10.1. The first-order valence-corrected chi connectivity index (χ1v) is 11.8. The highest BCUT2D eigenvalue weighted by Crippen LogP contribution is 2.31. The summed E-state index contributed by atoms with van der Waals surface area (Å²) < 4.78 is 11.6. The lowest BCUT2D eigenvalue weighted by Gasteiger charge is -2.23. The third-order valence-corrected chi connectivity index (χ3v) is 6.03. The number of hydrogen-bond acceptors (Lipinski definition) is 4. The van der Waals surface area contributed by atoms with Gasteiger partial charge in [-0.05, 0) is 48.7 Å². The van der Waals surface area contributed by atoms with Crippen molar-refractivity contribution in [1.82, 2.24) is 9.88 Å². The molecule has 1 amide bonds. The van der Waals surface area contributed by atoms with Gasteiger partial charge < -0.3 is 14.4 Å². The molecule has 5 heteroatoms. The fourth-order valence-corrected chi connectivity index (χ4v) is 4.24. The van der Waals surface area contributed by atoms with Crippen molar-refractivity contribution in [2.75, 3.05) is 19.8 Å². The highest BCUT2D eigenvalue weighted by Gasteiger charge is 2.20. The van der Waals surface area contributed by atoms with Crippen LogP contribution in [-0.2, 0) is 13.0 Å². The minimum Gasteiger partial charge on any atom is -0.490 e. The van der Waals surface area contributed by atoms with Crippen molar-refractivity contribution in [3.8, 4) is 11.5 Å². The Bertz CT molecular complexity index is 1270. The monoisotopic (exact) mass is 452 g/mol. The van der Waals surface area contributed by atoms with Crippen molar-refractivity contribution in [2.24, 2.45) is 0 Å². The van der Waals surface area contributed by atoms with E-state index in [4.69, 9.17) is 14.5 Å². The molecule has 0 bridgehead atoms. The van der Waals surface area contributed by atoms with E-state index in [1.165, 1.54) is 5.56 Å². The molecule has 0 N–H and O–H groups in total. The van der Waals surface area contributed by atoms with Gasteiger partial charge in [0.05, 0.1) is 31.0 Å². The van der Waals surface area contributed by atoms with E-state index >= 15 is 0 Å². The van der Waals surface area contributed by atoms with Crippen LogP contribution >= 0.6 is 0 Å². The molecule has 0 radical (unpaired) electrons. The molecule has 0 aliphatic carbocycles. The van der Waals surface area contributed by atoms with Crippen molar-refractivity contribution in [3.63, 3.8) is 0 Å². The lowest BCUT2D eigenvalue weighted by Crippen LogP contribution is -2.32. The number of carbonyl (C=O) groups excluding carboxylic acids is 1. The van der Waals surface area contributed by atoms with E-state index in [1.807, 2.05) is 53.4 Å². The van der Waals surface area contributed by atoms with E-state index in [1.54, 1.807) is 6.07 Å². The Balaban J connectivity index is 1.38. The van der Waals surface area contributed by atoms with E-state index in [-0.39, 0.29) is 5.91 Å². The summed E-state index contributed by atoms with van der Waals surface area (Å²) >= 11 is 0. The Hall–Kier alpha value is -3.86. The molecule has 0 spiro atoms. The quantitative estimate of drug-likeness (QED) is 0.362. The normalized spacial score (nSPS) is 12.8. The number of benzene rings is 3. The second kappa shape index (κ2) is 10.4. The van der Waals surface area contributed by atoms with Gasteiger partial charge in [-0.2, -0.15) is 0 Å². The van der Waals surface area contributed by atoms with Gasteiger partial charge in [-0.3, -0.25) is 9.78 Å². The summed E-state index contributed by atoms with van der Waals surface area (Å²) in [5.41, 5.74) is 3.69. The summed E-state index contributed by atoms with van der Waals surface area (Å²) in [5.74, 6) is 1.30. The van der Waals surface area contributed by atoms with Crippen molar-refractivity contribution in [2.45, 2.75) is 25.8 Å². The number of hydrogen-bond donors (Lipinski definition) is 0. The molecule has 4 aromatic rings. The number of aryl methyl sites for hydroxylation is 1. The zero-order valence-electron chi connectivity index (χ0n) is 19.2. The number of para-hydroxylation sites is 1. The van der Waals surface area contributed by atoms with Gasteiger partial charge in [0.1, 0.15) is 0 Å². The highest BCUT2D eigenvalue weighted by molar-refractivity contribution is 5.95. The molecule has 0 atom stereocenters. The lowest BCUT2D eigenvalue weighted by molar-refractivity contribution is 0.0738. The SMILES string of the molecule is O=C(c1ccc2c(c1)OCCCO2)N(CCCc1ccccc1)Cc1ccc2ccccc2n1. The maximum absolute atomic E-state index is 13.6. The van der Waals surface area contributed by atoms with Crippen LogP contribution in [0.4, 0.5) is 0 Å². The molecule has 1 aromatic heterocycles. The predicted octanol–water partition coefficient (Wildman–Crippen LogP) is 5.67. The maximum atomic E-state index is 13.6. The standard InChI is InChI=1S/C29H28N2O3/c32-29(24-14-16-27-28(20-24)34-19-7-18-33-27)31(17-6-10-22-8-2-1-3-9-22)21-25-15-13-23-11-4-5-12-26(23)30-25/h1-5,8-9,11-16,20H,6-7,10,17-19,21H2. The molecule has 34 heavy (non-hydrogen) atoms. The van der Waals surface area contributed by atoms with Crippen LogP contribution in [0.1, 0.15) is 34.5 Å². The van der Waals surface area contributed by atoms with E-state index in [2.05, 4.69) is 30.3 Å². The highest BCUT2D eigenvalue weighted by atomic mass is 16.5. The van der Waals surface area contributed by atoms with E-state index in [0.717, 1.165) is 35.9 Å². The molecule has 172 valence electrons. The van der Waals surface area contributed by atoms with Crippen LogP contribution in [0.2, 0.25) is 0 Å². The van der Waals surface area contributed by atoms with Gasteiger partial charge in [-0.25, -0.2) is 0 Å². The van der Waals surface area contributed by atoms with Gasteiger partial charge in [0.15, 0.2) is 11.5 Å². The Morgan fingerprint density at radius 3 is 2.53 bits per heavy atom. The summed E-state index contributed by atoms with van der Waals surface area (Å²) in [5, 5.41) is 1.09. The summed E-state index contributed by atoms with van der Waals surface area (Å²) in [6.45, 7) is 2.30. The topological polar surface area (TPSA) is 51.7 Å². The number of fused-ring (bicyclic) bond motifs is 2. The molecule has 5 nitrogen and oxygen atoms in total. The summed E-state index contributed by atoms with van der Waals surface area (Å²) in [6, 6.07) is 28.0. The average Bonchev–Trinajstić information content (AvgIpc) is 3.13. The molecule has 0 unspecified atom stereocenters. The number of ether oxygens (including phenoxy) is 2. The maximum Gasteiger partial charge on any atom is 0.254 e. The van der Waals surface area contributed by atoms with Crippen LogP contribution in [0.15, 0.2) is 84.9 Å². The van der Waals surface area contributed by atoms with Crippen LogP contribution < -0.4 is 9.47 Å². The van der Waals surface area contributed by atoms with Crippen molar-refractivity contribution < 1.29 is 14.3 Å². The largest absolute Gasteiger partial charge is 0.490 e.